The molecule has 0 atom stereocenters. The molecule has 0 amide bonds. The minimum Gasteiger partial charge on any atom is -0.497 e. The van der Waals surface area contributed by atoms with Crippen molar-refractivity contribution in [2.75, 3.05) is 21.3 Å². The second-order valence-corrected chi connectivity index (χ2v) is 41.3. The molecule has 25 heteroatoms. The van der Waals surface area contributed by atoms with Gasteiger partial charge < -0.3 is 22.6 Å². The number of benzene rings is 8. The van der Waals surface area contributed by atoms with Gasteiger partial charge in [0.2, 0.25) is 0 Å². The topological polar surface area (TPSA) is 223 Å². The molecule has 0 bridgehead atoms. The van der Waals surface area contributed by atoms with Crippen molar-refractivity contribution in [1.29, 1.82) is 0 Å². The number of rotatable bonds is 23. The van der Waals surface area contributed by atoms with Gasteiger partial charge in [-0.2, -0.15) is 51.2 Å². The van der Waals surface area contributed by atoms with Crippen LogP contribution in [0.15, 0.2) is 217 Å². The first-order valence-electron chi connectivity index (χ1n) is 40.2. The summed E-state index contributed by atoms with van der Waals surface area (Å²) in [7, 11) is -19.7. The molecule has 6 aliphatic rings. The van der Waals surface area contributed by atoms with E-state index in [2.05, 4.69) is 127 Å². The lowest BCUT2D eigenvalue weighted by atomic mass is 9.75. The first-order valence-corrected chi connectivity index (χ1v) is 48.4. The Balaban J connectivity index is 0.000000154. The van der Waals surface area contributed by atoms with Crippen molar-refractivity contribution in [2.45, 2.75) is 267 Å². The van der Waals surface area contributed by atoms with Gasteiger partial charge in [0.1, 0.15) is 28.7 Å². The predicted octanol–water partition coefficient (Wildman–Crippen LogP) is 23.5. The fraction of sp³-hybridized carbons (Fsp3) is 0.461. The summed E-state index contributed by atoms with van der Waals surface area (Å²) in [4.78, 5) is 7.63. The summed E-state index contributed by atoms with van der Waals surface area (Å²) >= 11 is 0. The molecule has 8 aromatic carbocycles. The molecule has 6 fully saturated rings. The third-order valence-corrected chi connectivity index (χ3v) is 33.0. The van der Waals surface area contributed by atoms with Gasteiger partial charge in [-0.05, 0) is 219 Å². The normalized spacial score (nSPS) is 17.7. The molecule has 0 spiro atoms. The standard InChI is InChI=1S/2C25H36F2O6S2.C21H21O3S.C18H15S/c2*26-25(27,34(28,29)30)35(31,32)33-24-22(19-12-6-2-7-13-19)16-21(18-10-4-1-5-11-18)17-23(24)20-14-8-3-9-15-20;1-22-16-7-4-10-19(13-16)25(20-11-5-8-17(14-20)23-2)21-12-6-9-18(15-21)24-3;1-4-10-16(11-5-1)19(17-12-6-2-7-13-17)18-14-8-3-9-15-18/h2*16-20H,1-15H2,(H,28,29,30);4-15H,1-3H3;1-15H/q;;2*+1. The first kappa shape index (κ1) is 87.7. The highest BCUT2D eigenvalue weighted by atomic mass is 32.3. The van der Waals surface area contributed by atoms with Crippen LogP contribution in [0.1, 0.15) is 262 Å². The smallest absolute Gasteiger partial charge is 0.497 e. The highest BCUT2D eigenvalue weighted by molar-refractivity contribution is 8.05. The predicted molar refractivity (Wildman–Crippen MR) is 443 cm³/mol. The van der Waals surface area contributed by atoms with Crippen LogP contribution in [0, 0.1) is 0 Å². The maximum atomic E-state index is 14.4. The highest BCUT2D eigenvalue weighted by Gasteiger charge is 2.61. The number of methoxy groups -OCH3 is 3. The van der Waals surface area contributed by atoms with E-state index in [4.69, 9.17) is 31.7 Å². The molecule has 6 saturated carbocycles. The summed E-state index contributed by atoms with van der Waals surface area (Å²) < 4.78 is 186. The molecule has 114 heavy (non-hydrogen) atoms. The van der Waals surface area contributed by atoms with Crippen molar-refractivity contribution >= 4 is 62.3 Å². The van der Waals surface area contributed by atoms with E-state index >= 15 is 0 Å². The van der Waals surface area contributed by atoms with Crippen LogP contribution in [-0.4, -0.2) is 73.3 Å². The molecular weight excluding hydrogens is 1580 g/mol. The largest absolute Gasteiger partial charge is 0.506 e. The minimum absolute atomic E-state index is 0.0146. The van der Waals surface area contributed by atoms with Crippen LogP contribution in [0.2, 0.25) is 0 Å². The third kappa shape index (κ3) is 22.0. The zero-order valence-corrected chi connectivity index (χ0v) is 70.1. The van der Waals surface area contributed by atoms with Crippen LogP contribution in [0.4, 0.5) is 17.6 Å². The average Bonchev–Trinajstić information content (AvgIpc) is 0.753. The Bertz CT molecular complexity index is 4430. The van der Waals surface area contributed by atoms with Crippen LogP contribution in [0.3, 0.4) is 0 Å². The van der Waals surface area contributed by atoms with Crippen molar-refractivity contribution in [3.63, 3.8) is 0 Å². The van der Waals surface area contributed by atoms with Gasteiger partial charge in [-0.3, -0.25) is 9.11 Å². The van der Waals surface area contributed by atoms with Gasteiger partial charge in [0.15, 0.2) is 29.4 Å². The lowest BCUT2D eigenvalue weighted by Crippen LogP contribution is -2.40. The Hall–Kier alpha value is -7.10. The molecular formula is C89H108F4O15S6+2. The Morgan fingerprint density at radius 2 is 0.500 bits per heavy atom. The van der Waals surface area contributed by atoms with Crippen molar-refractivity contribution in [3.05, 3.63) is 221 Å². The van der Waals surface area contributed by atoms with Gasteiger partial charge in [-0.1, -0.05) is 213 Å². The zero-order valence-electron chi connectivity index (χ0n) is 65.2. The van der Waals surface area contributed by atoms with E-state index in [1.165, 1.54) is 42.2 Å². The molecule has 0 aromatic heterocycles. The fourth-order valence-electron chi connectivity index (χ4n) is 17.0. The van der Waals surface area contributed by atoms with E-state index in [-0.39, 0.29) is 57.0 Å². The molecule has 0 aliphatic heterocycles. The number of alkyl halides is 4. The molecule has 2 N–H and O–H groups in total. The van der Waals surface area contributed by atoms with Crippen LogP contribution in [0.25, 0.3) is 0 Å². The number of halogens is 4. The van der Waals surface area contributed by atoms with Gasteiger partial charge >= 0.3 is 49.6 Å². The fourth-order valence-corrected chi connectivity index (χ4v) is 24.6. The minimum atomic E-state index is -6.23. The van der Waals surface area contributed by atoms with E-state index in [9.17, 15) is 51.2 Å². The summed E-state index contributed by atoms with van der Waals surface area (Å²) in [6.45, 7) is 0. The third-order valence-electron chi connectivity index (χ3n) is 23.0. The summed E-state index contributed by atoms with van der Waals surface area (Å²) in [5.41, 5.74) is 4.62. The van der Waals surface area contributed by atoms with Gasteiger partial charge in [0.05, 0.1) is 43.1 Å². The van der Waals surface area contributed by atoms with Crippen molar-refractivity contribution in [1.82, 2.24) is 0 Å². The van der Waals surface area contributed by atoms with Crippen LogP contribution >= 0.6 is 0 Å². The molecule has 14 rings (SSSR count). The maximum absolute atomic E-state index is 14.4. The molecule has 616 valence electrons. The molecule has 0 saturated heterocycles. The maximum Gasteiger partial charge on any atom is 0.506 e. The summed E-state index contributed by atoms with van der Waals surface area (Å²) in [5, 5.41) is 0. The Morgan fingerprint density at radius 3 is 0.719 bits per heavy atom. The van der Waals surface area contributed by atoms with Gasteiger partial charge in [0, 0.05) is 18.2 Å². The molecule has 8 aromatic rings. The Kier molecular flexibility index (Phi) is 31.1. The van der Waals surface area contributed by atoms with Crippen molar-refractivity contribution < 1.29 is 82.9 Å². The first-order chi connectivity index (χ1) is 54.7. The quantitative estimate of drug-likeness (QED) is 0.0263. The summed E-state index contributed by atoms with van der Waals surface area (Å²) in [6, 6.07) is 64.5. The Labute approximate surface area is 678 Å². The van der Waals surface area contributed by atoms with E-state index < -0.39 is 49.6 Å². The second-order valence-electron chi connectivity index (χ2n) is 30.6. The van der Waals surface area contributed by atoms with E-state index in [0.717, 1.165) is 208 Å². The van der Waals surface area contributed by atoms with Crippen molar-refractivity contribution in [2.24, 2.45) is 0 Å². The Morgan fingerprint density at radius 1 is 0.289 bits per heavy atom. The molecule has 15 nitrogen and oxygen atoms in total. The summed E-state index contributed by atoms with van der Waals surface area (Å²) in [5.74, 6) is 2.77. The second kappa shape index (κ2) is 40.4. The highest BCUT2D eigenvalue weighted by Crippen LogP contribution is 2.52. The number of hydrogen-bond acceptors (Lipinski definition) is 13. The van der Waals surface area contributed by atoms with Crippen LogP contribution in [-0.2, 0) is 62.3 Å². The molecule has 0 heterocycles. The van der Waals surface area contributed by atoms with Gasteiger partial charge in [-0.25, -0.2) is 0 Å². The van der Waals surface area contributed by atoms with E-state index in [1.54, 1.807) is 21.3 Å². The molecule has 6 aliphatic carbocycles. The van der Waals surface area contributed by atoms with E-state index in [1.807, 2.05) is 60.7 Å². The van der Waals surface area contributed by atoms with Crippen molar-refractivity contribution in [3.8, 4) is 28.7 Å². The van der Waals surface area contributed by atoms with E-state index in [0.29, 0.717) is 34.1 Å². The SMILES string of the molecule is COc1cccc([S+](c2cccc(OC)c2)c2cccc(OC)c2)c1.O=S(=O)(O)C(F)(F)S(=O)(=O)Oc1c(C2CCCCC2)cc(C2CCCCC2)cc1C1CCCCC1.O=S(=O)(O)C(F)(F)S(=O)(=O)Oc1c(C2CCCCC2)cc(C2CCCCC2)cc1C1CCCCC1.c1ccc([S+](c2ccccc2)c2ccccc2)cc1. The number of ether oxygens (including phenoxy) is 3. The summed E-state index contributed by atoms with van der Waals surface area (Å²) in [6.07, 6.45) is 29.2. The van der Waals surface area contributed by atoms with Crippen LogP contribution < -0.4 is 22.6 Å². The monoisotopic (exact) mass is 1680 g/mol. The molecule has 0 radical (unpaired) electrons. The van der Waals surface area contributed by atoms with Gasteiger partial charge in [-0.15, -0.1) is 0 Å². The lowest BCUT2D eigenvalue weighted by molar-refractivity contribution is 0.154. The van der Waals surface area contributed by atoms with Gasteiger partial charge in [0.25, 0.3) is 0 Å². The number of hydrogen-bond donors (Lipinski definition) is 2. The van der Waals surface area contributed by atoms with Crippen LogP contribution in [0.5, 0.6) is 28.7 Å². The lowest BCUT2D eigenvalue weighted by Gasteiger charge is -2.32. The zero-order chi connectivity index (χ0) is 81.1. The average molecular weight is 1690 g/mol. The molecule has 0 unspecified atom stereocenters.